The lowest BCUT2D eigenvalue weighted by Crippen LogP contribution is -2.44. The molecule has 0 aliphatic carbocycles. The Bertz CT molecular complexity index is 858. The summed E-state index contributed by atoms with van der Waals surface area (Å²) in [7, 11) is 0. The van der Waals surface area contributed by atoms with E-state index in [1.165, 1.54) is 10.8 Å². The number of ether oxygens (including phenoxy) is 2. The molecule has 1 aromatic heterocycles. The first-order valence-corrected chi connectivity index (χ1v) is 8.48. The predicted molar refractivity (Wildman–Crippen MR) is 95.5 cm³/mol. The van der Waals surface area contributed by atoms with Gasteiger partial charge >= 0.3 is 0 Å². The van der Waals surface area contributed by atoms with Crippen molar-refractivity contribution >= 4 is 10.8 Å². The molecule has 0 bridgehead atoms. The number of benzene rings is 2. The third-order valence-corrected chi connectivity index (χ3v) is 4.48. The van der Waals surface area contributed by atoms with Gasteiger partial charge in [0.05, 0.1) is 12.3 Å². The molecule has 3 aromatic rings. The molecule has 0 amide bonds. The van der Waals surface area contributed by atoms with Gasteiger partial charge in [0.1, 0.15) is 12.2 Å². The van der Waals surface area contributed by atoms with Crippen molar-refractivity contribution in [2.45, 2.75) is 18.4 Å². The Morgan fingerprint density at radius 2 is 1.92 bits per heavy atom. The molecule has 1 aliphatic heterocycles. The zero-order valence-corrected chi connectivity index (χ0v) is 13.9. The monoisotopic (exact) mass is 336 g/mol. The van der Waals surface area contributed by atoms with E-state index in [2.05, 4.69) is 34.5 Å². The third kappa shape index (κ3) is 3.62. The number of hydrogen-bond acceptors (Lipinski definition) is 5. The Morgan fingerprint density at radius 1 is 1.04 bits per heavy atom. The zero-order valence-electron chi connectivity index (χ0n) is 13.9. The van der Waals surface area contributed by atoms with Crippen molar-refractivity contribution in [3.8, 4) is 17.1 Å². The summed E-state index contributed by atoms with van der Waals surface area (Å²) in [6.45, 7) is 1.16. The van der Waals surface area contributed by atoms with Gasteiger partial charge in [-0.15, -0.1) is 10.2 Å². The summed E-state index contributed by atoms with van der Waals surface area (Å²) in [6, 6.07) is 18.1. The molecule has 1 unspecified atom stereocenters. The quantitative estimate of drug-likeness (QED) is 0.792. The normalized spacial score (nSPS) is 20.5. The van der Waals surface area contributed by atoms with E-state index in [-0.39, 0.29) is 6.61 Å². The maximum atomic E-state index is 10.4. The van der Waals surface area contributed by atoms with Crippen LogP contribution < -0.4 is 4.74 Å². The summed E-state index contributed by atoms with van der Waals surface area (Å²) in [5.41, 5.74) is 0.867. The number of fused-ring (bicyclic) bond motifs is 1. The van der Waals surface area contributed by atoms with E-state index in [1.54, 1.807) is 6.07 Å². The van der Waals surface area contributed by atoms with E-state index in [0.29, 0.717) is 25.5 Å². The van der Waals surface area contributed by atoms with Crippen molar-refractivity contribution in [3.05, 3.63) is 54.6 Å². The molecule has 0 spiro atoms. The standard InChI is InChI=1S/C20H20N2O3/c23-20(10-3-11-24-13-20)14-25-19-9-8-18(21-22-19)17-7-6-15-4-1-2-5-16(15)12-17/h1-2,4-9,12,23H,3,10-11,13-14H2. The highest BCUT2D eigenvalue weighted by Gasteiger charge is 2.31. The highest BCUT2D eigenvalue weighted by molar-refractivity contribution is 5.86. The van der Waals surface area contributed by atoms with Gasteiger partial charge < -0.3 is 14.6 Å². The maximum absolute atomic E-state index is 10.4. The fourth-order valence-electron chi connectivity index (χ4n) is 3.06. The van der Waals surface area contributed by atoms with Crippen LogP contribution in [0.4, 0.5) is 0 Å². The van der Waals surface area contributed by atoms with Crippen LogP contribution in [-0.2, 0) is 4.74 Å². The molecule has 1 atom stereocenters. The van der Waals surface area contributed by atoms with Crippen LogP contribution >= 0.6 is 0 Å². The van der Waals surface area contributed by atoms with Crippen LogP contribution in [-0.4, -0.2) is 40.7 Å². The molecule has 2 heterocycles. The van der Waals surface area contributed by atoms with Crippen molar-refractivity contribution < 1.29 is 14.6 Å². The number of nitrogens with zero attached hydrogens (tertiary/aromatic N) is 2. The van der Waals surface area contributed by atoms with Crippen molar-refractivity contribution in [2.75, 3.05) is 19.8 Å². The molecule has 128 valence electrons. The van der Waals surface area contributed by atoms with E-state index >= 15 is 0 Å². The number of aliphatic hydroxyl groups is 1. The van der Waals surface area contributed by atoms with Gasteiger partial charge in [-0.1, -0.05) is 36.4 Å². The lowest BCUT2D eigenvalue weighted by molar-refractivity contribution is -0.106. The highest BCUT2D eigenvalue weighted by atomic mass is 16.5. The molecular formula is C20H20N2O3. The van der Waals surface area contributed by atoms with Gasteiger partial charge in [0, 0.05) is 18.2 Å². The minimum atomic E-state index is -0.934. The first-order chi connectivity index (χ1) is 12.2. The first kappa shape index (κ1) is 16.0. The average molecular weight is 336 g/mol. The Hall–Kier alpha value is -2.50. The summed E-state index contributed by atoms with van der Waals surface area (Å²) in [6.07, 6.45) is 1.52. The van der Waals surface area contributed by atoms with Crippen molar-refractivity contribution in [2.24, 2.45) is 0 Å². The van der Waals surface area contributed by atoms with Crippen molar-refractivity contribution in [1.29, 1.82) is 0 Å². The van der Waals surface area contributed by atoms with E-state index < -0.39 is 5.60 Å². The molecule has 1 fully saturated rings. The predicted octanol–water partition coefficient (Wildman–Crippen LogP) is 3.22. The lowest BCUT2D eigenvalue weighted by Gasteiger charge is -2.31. The van der Waals surface area contributed by atoms with Crippen LogP contribution in [0.3, 0.4) is 0 Å². The molecule has 0 radical (unpaired) electrons. The minimum Gasteiger partial charge on any atom is -0.473 e. The van der Waals surface area contributed by atoms with Crippen LogP contribution in [0, 0.1) is 0 Å². The minimum absolute atomic E-state index is 0.164. The molecule has 5 nitrogen and oxygen atoms in total. The van der Waals surface area contributed by atoms with E-state index in [9.17, 15) is 5.11 Å². The molecule has 1 saturated heterocycles. The van der Waals surface area contributed by atoms with Gasteiger partial charge in [0.15, 0.2) is 0 Å². The second-order valence-corrected chi connectivity index (χ2v) is 6.49. The number of rotatable bonds is 4. The van der Waals surface area contributed by atoms with E-state index in [1.807, 2.05) is 24.3 Å². The largest absolute Gasteiger partial charge is 0.473 e. The third-order valence-electron chi connectivity index (χ3n) is 4.48. The lowest BCUT2D eigenvalue weighted by atomic mass is 9.98. The van der Waals surface area contributed by atoms with Crippen LogP contribution in [0.5, 0.6) is 5.88 Å². The van der Waals surface area contributed by atoms with Gasteiger partial charge in [-0.25, -0.2) is 0 Å². The molecule has 4 rings (SSSR count). The second kappa shape index (κ2) is 6.78. The molecule has 2 aromatic carbocycles. The molecule has 1 N–H and O–H groups in total. The summed E-state index contributed by atoms with van der Waals surface area (Å²) < 4.78 is 10.9. The Balaban J connectivity index is 1.47. The van der Waals surface area contributed by atoms with Gasteiger partial charge in [0.25, 0.3) is 0 Å². The Labute approximate surface area is 146 Å². The molecule has 0 saturated carbocycles. The Morgan fingerprint density at radius 3 is 2.68 bits per heavy atom. The summed E-state index contributed by atoms with van der Waals surface area (Å²) in [4.78, 5) is 0. The number of aromatic nitrogens is 2. The van der Waals surface area contributed by atoms with Gasteiger partial charge in [0.2, 0.25) is 5.88 Å². The summed E-state index contributed by atoms with van der Waals surface area (Å²) in [5, 5.41) is 21.1. The fraction of sp³-hybridized carbons (Fsp3) is 0.300. The van der Waals surface area contributed by atoms with Crippen molar-refractivity contribution in [3.63, 3.8) is 0 Å². The van der Waals surface area contributed by atoms with Gasteiger partial charge in [-0.2, -0.15) is 0 Å². The SMILES string of the molecule is OC1(COc2ccc(-c3ccc4ccccc4c3)nn2)CCCOC1. The van der Waals surface area contributed by atoms with Gasteiger partial charge in [-0.3, -0.25) is 0 Å². The summed E-state index contributed by atoms with van der Waals surface area (Å²) >= 11 is 0. The Kier molecular flexibility index (Phi) is 4.34. The maximum Gasteiger partial charge on any atom is 0.233 e. The van der Waals surface area contributed by atoms with E-state index in [4.69, 9.17) is 9.47 Å². The van der Waals surface area contributed by atoms with Crippen molar-refractivity contribution in [1.82, 2.24) is 10.2 Å². The number of hydrogen-bond donors (Lipinski definition) is 1. The average Bonchev–Trinajstić information content (AvgIpc) is 2.67. The zero-order chi connectivity index (χ0) is 17.1. The van der Waals surface area contributed by atoms with Crippen LogP contribution in [0.1, 0.15) is 12.8 Å². The van der Waals surface area contributed by atoms with Gasteiger partial charge in [-0.05, 0) is 35.7 Å². The molecule has 25 heavy (non-hydrogen) atoms. The van der Waals surface area contributed by atoms with Crippen LogP contribution in [0.15, 0.2) is 54.6 Å². The molecule has 1 aliphatic rings. The summed E-state index contributed by atoms with van der Waals surface area (Å²) in [5.74, 6) is 0.406. The van der Waals surface area contributed by atoms with Crippen LogP contribution in [0.25, 0.3) is 22.0 Å². The fourth-order valence-corrected chi connectivity index (χ4v) is 3.06. The highest BCUT2D eigenvalue weighted by Crippen LogP contribution is 2.24. The second-order valence-electron chi connectivity index (χ2n) is 6.49. The molecule has 5 heteroatoms. The molecular weight excluding hydrogens is 316 g/mol. The van der Waals surface area contributed by atoms with E-state index in [0.717, 1.165) is 17.7 Å². The first-order valence-electron chi connectivity index (χ1n) is 8.48. The topological polar surface area (TPSA) is 64.5 Å². The van der Waals surface area contributed by atoms with Crippen LogP contribution in [0.2, 0.25) is 0 Å². The smallest absolute Gasteiger partial charge is 0.233 e.